The van der Waals surface area contributed by atoms with E-state index in [1.54, 1.807) is 0 Å². The van der Waals surface area contributed by atoms with Crippen LogP contribution >= 0.6 is 15.6 Å². The van der Waals surface area contributed by atoms with Crippen molar-refractivity contribution < 1.29 is 75.8 Å². The van der Waals surface area contributed by atoms with Gasteiger partial charge < -0.3 is 34.2 Å². The van der Waals surface area contributed by atoms with E-state index in [1.165, 1.54) is 141 Å². The van der Waals surface area contributed by atoms with Gasteiger partial charge in [-0.3, -0.25) is 32.5 Å². The quantitative estimate of drug-likeness (QED) is 0.0146. The fourth-order valence-electron chi connectivity index (χ4n) is 12.9. The smallest absolute Gasteiger partial charge is 0.463 e. The number of hydrogen-bond donors (Lipinski definition) is 4. The van der Waals surface area contributed by atoms with Crippen LogP contribution in [-0.4, -0.2) is 95.9 Å². The molecule has 125 heavy (non-hydrogen) atoms. The van der Waals surface area contributed by atoms with Gasteiger partial charge in [-0.25, -0.2) is 9.13 Å². The summed E-state index contributed by atoms with van der Waals surface area (Å²) >= 11 is 0. The third kappa shape index (κ3) is 98.3. The first kappa shape index (κ1) is 119. The summed E-state index contributed by atoms with van der Waals surface area (Å²) in [4.78, 5) is 59.1. The van der Waals surface area contributed by atoms with Gasteiger partial charge >= 0.3 is 33.6 Å². The summed E-state index contributed by atoms with van der Waals surface area (Å²) in [5, 5.41) is 20.8. The highest BCUT2D eigenvalue weighted by Crippen LogP contribution is 2.45. The number of ether oxygens (including phenoxy) is 3. The van der Waals surface area contributed by atoms with Gasteiger partial charge in [0, 0.05) is 19.3 Å². The van der Waals surface area contributed by atoms with E-state index in [-0.39, 0.29) is 19.3 Å². The molecule has 710 valence electrons. The van der Waals surface area contributed by atoms with E-state index < -0.39 is 91.5 Å². The third-order valence-electron chi connectivity index (χ3n) is 20.2. The standard InChI is InChI=1S/C107H176O16P2/c1-4-7-10-13-16-19-22-25-28-31-34-37-39-41-43-45-47-49-50-52-54-55-57-59-61-64-66-69-72-75-78-81-84-87-90-93-105(110)117-96-102(108)97-119-124(113,114)120-98-103(109)99-121-125(115,116)122-101-104(123-107(112)95-92-89-86-83-80-77-74-71-68-63-36-33-30-27-24-21-18-15-12-9-6-3)100-118-106(111)94-91-88-85-82-79-76-73-70-67-65-62-60-58-56-53-51-48-46-44-42-40-38-35-32-29-26-23-20-17-14-11-8-5-2/h7-12,16-21,25-30,34-38,41-44,47-49,51,63,71,74,80,83,102-104,108-109H,4-6,13-15,22-24,31-33,39-40,45-46,50,52-62,64-70,72-73,75-79,81-82,84-101H2,1-3H3,(H,113,114)(H,115,116)/b10-7-,11-8-,12-9-,19-16-,20-17-,21-18-,28-25-,29-26-,30-27-,37-34-,38-35-,43-41-,44-42-,49-47-,51-48-,63-36-,74-71-,83-80-. The number of allylic oxidation sites excluding steroid dienone is 36. The highest BCUT2D eigenvalue weighted by Gasteiger charge is 2.30. The molecule has 0 saturated heterocycles. The van der Waals surface area contributed by atoms with Crippen molar-refractivity contribution >= 4 is 33.6 Å². The molecule has 0 aliphatic rings. The van der Waals surface area contributed by atoms with E-state index in [1.807, 2.05) is 0 Å². The lowest BCUT2D eigenvalue weighted by molar-refractivity contribution is -0.161. The Bertz CT molecular complexity index is 3150. The van der Waals surface area contributed by atoms with E-state index in [4.69, 9.17) is 32.3 Å². The van der Waals surface area contributed by atoms with Crippen LogP contribution in [0, 0.1) is 0 Å². The molecule has 4 N–H and O–H groups in total. The second kappa shape index (κ2) is 96.9. The Hall–Kier alpha value is -6.13. The summed E-state index contributed by atoms with van der Waals surface area (Å²) in [5.41, 5.74) is 0. The minimum atomic E-state index is -4.96. The SMILES string of the molecule is CC/C=C\C/C=C\C/C=C\C/C=C\C/C=C\C/C=C\CCCCCCCCCCCCCCCCCCC(=O)OCC(O)COP(=O)(O)OCC(O)COP(=O)(O)OCC(COC(=O)CCCCCCCCCCCCCCCC/C=C\C/C=C\C/C=C\C/C=C\C/C=C\C/C=C\CC)OC(=O)CCCC/C=C\C/C=C\C/C=C\C/C=C\C/C=C\C/C=C\CC. The normalized spacial score (nSPS) is 14.6. The molecule has 0 aromatic carbocycles. The molecular formula is C107H176O16P2. The number of phosphoric ester groups is 2. The topological polar surface area (TPSA) is 231 Å². The Morgan fingerprint density at radius 2 is 0.400 bits per heavy atom. The van der Waals surface area contributed by atoms with Gasteiger partial charge in [-0.05, 0) is 173 Å². The maximum atomic E-state index is 13.1. The number of carbonyl (C=O) groups is 3. The predicted octanol–water partition coefficient (Wildman–Crippen LogP) is 30.9. The Balaban J connectivity index is 4.58. The van der Waals surface area contributed by atoms with Crippen LogP contribution < -0.4 is 0 Å². The largest absolute Gasteiger partial charge is 0.472 e. The molecule has 5 atom stereocenters. The zero-order valence-corrected chi connectivity index (χ0v) is 80.2. The van der Waals surface area contributed by atoms with Crippen LogP contribution in [0.15, 0.2) is 219 Å². The van der Waals surface area contributed by atoms with Crippen molar-refractivity contribution in [3.05, 3.63) is 219 Å². The second-order valence-corrected chi connectivity index (χ2v) is 35.0. The van der Waals surface area contributed by atoms with E-state index in [0.717, 1.165) is 173 Å². The first-order valence-electron chi connectivity index (χ1n) is 49.0. The van der Waals surface area contributed by atoms with Crippen molar-refractivity contribution in [1.82, 2.24) is 0 Å². The lowest BCUT2D eigenvalue weighted by atomic mass is 10.0. The predicted molar refractivity (Wildman–Crippen MR) is 527 cm³/mol. The van der Waals surface area contributed by atoms with E-state index >= 15 is 0 Å². The molecule has 18 heteroatoms. The molecule has 0 fully saturated rings. The summed E-state index contributed by atoms with van der Waals surface area (Å²) in [6.45, 7) is 2.32. The van der Waals surface area contributed by atoms with Crippen molar-refractivity contribution in [3.63, 3.8) is 0 Å². The molecule has 0 amide bonds. The molecule has 0 aromatic rings. The molecule has 0 aliphatic heterocycles. The van der Waals surface area contributed by atoms with Crippen molar-refractivity contribution in [1.29, 1.82) is 0 Å². The minimum Gasteiger partial charge on any atom is -0.463 e. The molecular weight excluding hydrogens is 1600 g/mol. The molecule has 5 unspecified atom stereocenters. The average molecular weight is 1780 g/mol. The first-order valence-corrected chi connectivity index (χ1v) is 52.0. The van der Waals surface area contributed by atoms with Crippen molar-refractivity contribution in [2.24, 2.45) is 0 Å². The number of phosphoric acid groups is 2. The van der Waals surface area contributed by atoms with Gasteiger partial charge in [0.25, 0.3) is 0 Å². The van der Waals surface area contributed by atoms with Crippen LogP contribution in [0.3, 0.4) is 0 Å². The van der Waals surface area contributed by atoms with Gasteiger partial charge in [0.2, 0.25) is 0 Å². The number of unbranched alkanes of at least 4 members (excludes halogenated alkanes) is 32. The van der Waals surface area contributed by atoms with Gasteiger partial charge in [0.1, 0.15) is 25.4 Å². The van der Waals surface area contributed by atoms with Gasteiger partial charge in [0.05, 0.1) is 26.4 Å². The zero-order chi connectivity index (χ0) is 90.7. The van der Waals surface area contributed by atoms with Gasteiger partial charge in [-0.15, -0.1) is 0 Å². The zero-order valence-electron chi connectivity index (χ0n) is 78.4. The fourth-order valence-corrected chi connectivity index (χ4v) is 14.5. The van der Waals surface area contributed by atoms with Gasteiger partial charge in [-0.1, -0.05) is 406 Å². The number of aliphatic hydroxyl groups is 2. The van der Waals surface area contributed by atoms with E-state index in [9.17, 15) is 43.5 Å². The number of aliphatic hydroxyl groups excluding tert-OH is 2. The first-order chi connectivity index (χ1) is 61.2. The van der Waals surface area contributed by atoms with Crippen LogP contribution in [0.4, 0.5) is 0 Å². The fraction of sp³-hybridized carbons (Fsp3) is 0.636. The highest BCUT2D eigenvalue weighted by atomic mass is 31.2. The van der Waals surface area contributed by atoms with Crippen LogP contribution in [0.2, 0.25) is 0 Å². The number of rotatable bonds is 91. The summed E-state index contributed by atoms with van der Waals surface area (Å²) < 4.78 is 61.5. The van der Waals surface area contributed by atoms with Crippen molar-refractivity contribution in [3.8, 4) is 0 Å². The lowest BCUT2D eigenvalue weighted by Crippen LogP contribution is -2.30. The maximum absolute atomic E-state index is 13.1. The molecule has 0 spiro atoms. The lowest BCUT2D eigenvalue weighted by Gasteiger charge is -2.21. The summed E-state index contributed by atoms with van der Waals surface area (Å²) in [6.07, 6.45) is 133. The van der Waals surface area contributed by atoms with E-state index in [0.29, 0.717) is 25.7 Å². The van der Waals surface area contributed by atoms with Crippen LogP contribution in [0.5, 0.6) is 0 Å². The minimum absolute atomic E-state index is 0.0432. The molecule has 16 nitrogen and oxygen atoms in total. The third-order valence-corrected chi connectivity index (χ3v) is 22.1. The number of carbonyl (C=O) groups excluding carboxylic acids is 3. The highest BCUT2D eigenvalue weighted by molar-refractivity contribution is 7.47. The van der Waals surface area contributed by atoms with Crippen LogP contribution in [0.1, 0.15) is 380 Å². The molecule has 0 radical (unpaired) electrons. The molecule has 0 rings (SSSR count). The van der Waals surface area contributed by atoms with Crippen molar-refractivity contribution in [2.75, 3.05) is 39.6 Å². The van der Waals surface area contributed by atoms with Crippen LogP contribution in [-0.2, 0) is 55.8 Å². The molecule has 0 saturated carbocycles. The Morgan fingerprint density at radius 3 is 0.648 bits per heavy atom. The molecule has 0 bridgehead atoms. The Morgan fingerprint density at radius 1 is 0.224 bits per heavy atom. The molecule has 0 aromatic heterocycles. The second-order valence-electron chi connectivity index (χ2n) is 32.1. The molecule has 0 aliphatic carbocycles. The van der Waals surface area contributed by atoms with Crippen molar-refractivity contribution in [2.45, 2.75) is 399 Å². The number of hydrogen-bond acceptors (Lipinski definition) is 14. The van der Waals surface area contributed by atoms with Gasteiger partial charge in [-0.2, -0.15) is 0 Å². The summed E-state index contributed by atoms with van der Waals surface area (Å²) in [7, 11) is -9.84. The van der Waals surface area contributed by atoms with E-state index in [2.05, 4.69) is 240 Å². The van der Waals surface area contributed by atoms with Gasteiger partial charge in [0.15, 0.2) is 6.10 Å². The van der Waals surface area contributed by atoms with Crippen LogP contribution in [0.25, 0.3) is 0 Å². The average Bonchev–Trinajstić information content (AvgIpc) is 0.895. The number of esters is 3. The maximum Gasteiger partial charge on any atom is 0.472 e. The Labute approximate surface area is 762 Å². The summed E-state index contributed by atoms with van der Waals surface area (Å²) in [6, 6.07) is 0. The molecule has 0 heterocycles. The Kier molecular flexibility index (Phi) is 92.2. The monoisotopic (exact) mass is 1780 g/mol. The summed E-state index contributed by atoms with van der Waals surface area (Å²) in [5.74, 6) is -1.63.